The van der Waals surface area contributed by atoms with Gasteiger partial charge in [-0.3, -0.25) is 0 Å². The highest BCUT2D eigenvalue weighted by molar-refractivity contribution is 7.18. The molecule has 1 unspecified atom stereocenters. The van der Waals surface area contributed by atoms with E-state index in [0.29, 0.717) is 6.04 Å². The van der Waals surface area contributed by atoms with Crippen molar-refractivity contribution in [1.82, 2.24) is 9.88 Å². The number of thiazole rings is 1. The fraction of sp³-hybridized carbons (Fsp3) is 0.350. The summed E-state index contributed by atoms with van der Waals surface area (Å²) in [5.74, 6) is -0.202. The average molecular weight is 340 g/mol. The number of hydrogen-bond donors (Lipinski definition) is 0. The lowest BCUT2D eigenvalue weighted by Gasteiger charge is -2.19. The van der Waals surface area contributed by atoms with E-state index >= 15 is 0 Å². The molecule has 1 aliphatic heterocycles. The maximum atomic E-state index is 13.1. The molecule has 4 rings (SSSR count). The van der Waals surface area contributed by atoms with E-state index in [9.17, 15) is 4.39 Å². The fourth-order valence-corrected chi connectivity index (χ4v) is 4.40. The molecular formula is C20H21FN2S. The van der Waals surface area contributed by atoms with Gasteiger partial charge in [0.05, 0.1) is 15.2 Å². The van der Waals surface area contributed by atoms with Crippen LogP contribution in [0.2, 0.25) is 0 Å². The molecule has 2 aromatic carbocycles. The van der Waals surface area contributed by atoms with Gasteiger partial charge in [0.15, 0.2) is 0 Å². The maximum Gasteiger partial charge on any atom is 0.123 e. The van der Waals surface area contributed by atoms with Gasteiger partial charge in [-0.25, -0.2) is 9.37 Å². The van der Waals surface area contributed by atoms with Crippen LogP contribution in [0.4, 0.5) is 4.39 Å². The molecule has 1 aromatic heterocycles. The van der Waals surface area contributed by atoms with Crippen LogP contribution >= 0.6 is 11.3 Å². The minimum Gasteiger partial charge on any atom is -0.300 e. The zero-order valence-electron chi connectivity index (χ0n) is 13.8. The lowest BCUT2D eigenvalue weighted by atomic mass is 10.1. The number of likely N-dealkylation sites (tertiary alicyclic amines) is 1. The van der Waals surface area contributed by atoms with Crippen molar-refractivity contribution >= 4 is 21.6 Å². The molecule has 1 aliphatic rings. The van der Waals surface area contributed by atoms with E-state index in [1.54, 1.807) is 11.3 Å². The molecule has 1 atom stereocenters. The van der Waals surface area contributed by atoms with Gasteiger partial charge in [-0.15, -0.1) is 11.3 Å². The molecule has 2 heterocycles. The standard InChI is InChI=1S/C20H21FN2S/c1-14-3-2-11-23(14)12-10-20-22-18-13-16(6-9-19(18)24-20)15-4-7-17(21)8-5-15/h4-9,13-14H,2-3,10-12H2,1H3. The summed E-state index contributed by atoms with van der Waals surface area (Å²) in [6.45, 7) is 4.65. The Bertz CT molecular complexity index is 840. The number of halogens is 1. The second kappa shape index (κ2) is 6.61. The SMILES string of the molecule is CC1CCCN1CCc1nc2cc(-c3ccc(F)cc3)ccc2s1. The van der Waals surface area contributed by atoms with Gasteiger partial charge in [0.2, 0.25) is 0 Å². The minimum absolute atomic E-state index is 0.202. The highest BCUT2D eigenvalue weighted by Gasteiger charge is 2.20. The zero-order chi connectivity index (χ0) is 16.5. The molecule has 124 valence electrons. The highest BCUT2D eigenvalue weighted by Crippen LogP contribution is 2.28. The first-order valence-electron chi connectivity index (χ1n) is 8.58. The largest absolute Gasteiger partial charge is 0.300 e. The number of rotatable bonds is 4. The summed E-state index contributed by atoms with van der Waals surface area (Å²) in [7, 11) is 0. The fourth-order valence-electron chi connectivity index (χ4n) is 3.47. The van der Waals surface area contributed by atoms with Crippen LogP contribution in [0.3, 0.4) is 0 Å². The smallest absolute Gasteiger partial charge is 0.123 e. The molecule has 0 aliphatic carbocycles. The molecule has 0 spiro atoms. The van der Waals surface area contributed by atoms with Crippen molar-refractivity contribution in [2.24, 2.45) is 0 Å². The van der Waals surface area contributed by atoms with Crippen LogP contribution in [0, 0.1) is 5.82 Å². The number of nitrogens with zero attached hydrogens (tertiary/aromatic N) is 2. The van der Waals surface area contributed by atoms with Gasteiger partial charge in [-0.2, -0.15) is 0 Å². The molecule has 0 N–H and O–H groups in total. The molecular weight excluding hydrogens is 319 g/mol. The van der Waals surface area contributed by atoms with Gasteiger partial charge < -0.3 is 4.90 Å². The van der Waals surface area contributed by atoms with Crippen molar-refractivity contribution in [3.63, 3.8) is 0 Å². The van der Waals surface area contributed by atoms with E-state index < -0.39 is 0 Å². The van der Waals surface area contributed by atoms with Gasteiger partial charge in [0, 0.05) is 19.0 Å². The highest BCUT2D eigenvalue weighted by atomic mass is 32.1. The topological polar surface area (TPSA) is 16.1 Å². The maximum absolute atomic E-state index is 13.1. The monoisotopic (exact) mass is 340 g/mol. The van der Waals surface area contributed by atoms with Gasteiger partial charge in [-0.05, 0) is 61.7 Å². The van der Waals surface area contributed by atoms with Crippen LogP contribution in [0.5, 0.6) is 0 Å². The van der Waals surface area contributed by atoms with E-state index in [1.165, 1.54) is 41.2 Å². The predicted octanol–water partition coefficient (Wildman–Crippen LogP) is 5.13. The molecule has 3 aromatic rings. The van der Waals surface area contributed by atoms with Crippen molar-refractivity contribution in [2.45, 2.75) is 32.2 Å². The van der Waals surface area contributed by atoms with Gasteiger partial charge in [0.1, 0.15) is 5.82 Å². The minimum atomic E-state index is -0.202. The van der Waals surface area contributed by atoms with Crippen molar-refractivity contribution in [1.29, 1.82) is 0 Å². The van der Waals surface area contributed by atoms with Crippen LogP contribution in [-0.4, -0.2) is 29.0 Å². The Labute approximate surface area is 146 Å². The lowest BCUT2D eigenvalue weighted by Crippen LogP contribution is -2.28. The predicted molar refractivity (Wildman–Crippen MR) is 99.0 cm³/mol. The molecule has 0 radical (unpaired) electrons. The Morgan fingerprint density at radius 1 is 1.17 bits per heavy atom. The van der Waals surface area contributed by atoms with Gasteiger partial charge in [0.25, 0.3) is 0 Å². The molecule has 0 bridgehead atoms. The lowest BCUT2D eigenvalue weighted by molar-refractivity contribution is 0.272. The zero-order valence-corrected chi connectivity index (χ0v) is 14.7. The van der Waals surface area contributed by atoms with E-state index in [-0.39, 0.29) is 5.82 Å². The summed E-state index contributed by atoms with van der Waals surface area (Å²) in [4.78, 5) is 7.39. The Balaban J connectivity index is 1.53. The Morgan fingerprint density at radius 3 is 2.71 bits per heavy atom. The van der Waals surface area contributed by atoms with Gasteiger partial charge >= 0.3 is 0 Å². The Hall–Kier alpha value is -1.78. The van der Waals surface area contributed by atoms with Crippen LogP contribution in [-0.2, 0) is 6.42 Å². The summed E-state index contributed by atoms with van der Waals surface area (Å²) >= 11 is 1.79. The van der Waals surface area contributed by atoms with Crippen molar-refractivity contribution < 1.29 is 4.39 Å². The summed E-state index contributed by atoms with van der Waals surface area (Å²) in [6, 6.07) is 13.7. The third-order valence-electron chi connectivity index (χ3n) is 4.91. The van der Waals surface area contributed by atoms with Crippen LogP contribution < -0.4 is 0 Å². The van der Waals surface area contributed by atoms with E-state index in [2.05, 4.69) is 30.0 Å². The number of fused-ring (bicyclic) bond motifs is 1. The molecule has 2 nitrogen and oxygen atoms in total. The van der Waals surface area contributed by atoms with Crippen molar-refractivity contribution in [3.8, 4) is 11.1 Å². The molecule has 1 fully saturated rings. The van der Waals surface area contributed by atoms with E-state index in [0.717, 1.165) is 29.6 Å². The first-order chi connectivity index (χ1) is 11.7. The quantitative estimate of drug-likeness (QED) is 0.654. The Kier molecular flexibility index (Phi) is 4.33. The molecule has 4 heteroatoms. The van der Waals surface area contributed by atoms with E-state index in [1.807, 2.05) is 12.1 Å². The number of aromatic nitrogens is 1. The second-order valence-corrected chi connectivity index (χ2v) is 7.69. The molecule has 1 saturated heterocycles. The number of benzene rings is 2. The van der Waals surface area contributed by atoms with Crippen LogP contribution in [0.25, 0.3) is 21.3 Å². The first kappa shape index (κ1) is 15.7. The Morgan fingerprint density at radius 2 is 1.96 bits per heavy atom. The van der Waals surface area contributed by atoms with Crippen molar-refractivity contribution in [3.05, 3.63) is 53.3 Å². The van der Waals surface area contributed by atoms with Crippen molar-refractivity contribution in [2.75, 3.05) is 13.1 Å². The molecule has 0 amide bonds. The van der Waals surface area contributed by atoms with E-state index in [4.69, 9.17) is 4.98 Å². The molecule has 24 heavy (non-hydrogen) atoms. The summed E-state index contributed by atoms with van der Waals surface area (Å²) < 4.78 is 14.3. The van der Waals surface area contributed by atoms with Crippen LogP contribution in [0.1, 0.15) is 24.8 Å². The third-order valence-corrected chi connectivity index (χ3v) is 6.01. The summed E-state index contributed by atoms with van der Waals surface area (Å²) in [5.41, 5.74) is 3.16. The third kappa shape index (κ3) is 3.21. The first-order valence-corrected chi connectivity index (χ1v) is 9.40. The average Bonchev–Trinajstić information content (AvgIpc) is 3.18. The molecule has 0 saturated carbocycles. The van der Waals surface area contributed by atoms with Gasteiger partial charge in [-0.1, -0.05) is 18.2 Å². The van der Waals surface area contributed by atoms with Crippen LogP contribution in [0.15, 0.2) is 42.5 Å². The normalized spacial score (nSPS) is 18.5. The second-order valence-electron chi connectivity index (χ2n) is 6.57. The number of hydrogen-bond acceptors (Lipinski definition) is 3. The summed E-state index contributed by atoms with van der Waals surface area (Å²) in [5, 5.41) is 1.21. The summed E-state index contributed by atoms with van der Waals surface area (Å²) in [6.07, 6.45) is 3.67.